The van der Waals surface area contributed by atoms with Crippen molar-refractivity contribution in [2.45, 2.75) is 12.2 Å². The minimum Gasteiger partial charge on any atom is -0.378 e. The molecule has 0 radical (unpaired) electrons. The average molecular weight is 422 g/mol. The van der Waals surface area contributed by atoms with E-state index in [0.717, 1.165) is 11.1 Å². The summed E-state index contributed by atoms with van der Waals surface area (Å²) in [5, 5.41) is 1.06. The smallest absolute Gasteiger partial charge is 0.320 e. The van der Waals surface area contributed by atoms with Crippen LogP contribution in [0.25, 0.3) is 0 Å². The minimum absolute atomic E-state index is 0.0469. The van der Waals surface area contributed by atoms with Gasteiger partial charge >= 0.3 is 6.03 Å². The number of carbonyl (C=O) groups is 1. The summed E-state index contributed by atoms with van der Waals surface area (Å²) in [5.74, 6) is 0. The quantitative estimate of drug-likeness (QED) is 0.707. The molecule has 3 heterocycles. The molecule has 148 valence electrons. The van der Waals surface area contributed by atoms with Crippen molar-refractivity contribution in [2.75, 3.05) is 39.4 Å². The second kappa shape index (κ2) is 8.66. The van der Waals surface area contributed by atoms with Crippen molar-refractivity contribution in [1.29, 1.82) is 0 Å². The molecule has 0 N–H and O–H groups in total. The Morgan fingerprint density at radius 1 is 1.11 bits per heavy atom. The lowest BCUT2D eigenvalue weighted by Gasteiger charge is -2.43. The fourth-order valence-electron chi connectivity index (χ4n) is 3.39. The van der Waals surface area contributed by atoms with Crippen LogP contribution >= 0.6 is 23.2 Å². The molecule has 0 bridgehead atoms. The van der Waals surface area contributed by atoms with E-state index in [1.165, 1.54) is 0 Å². The highest BCUT2D eigenvalue weighted by Crippen LogP contribution is 2.33. The van der Waals surface area contributed by atoms with E-state index in [2.05, 4.69) is 4.98 Å². The van der Waals surface area contributed by atoms with Crippen LogP contribution in [0.3, 0.4) is 0 Å². The van der Waals surface area contributed by atoms with E-state index in [9.17, 15) is 4.79 Å². The summed E-state index contributed by atoms with van der Waals surface area (Å²) in [5.41, 5.74) is 1.74. The number of likely N-dealkylation sites (tertiary alicyclic amines) is 1. The molecule has 2 saturated heterocycles. The van der Waals surface area contributed by atoms with E-state index < -0.39 is 0 Å². The number of urea groups is 1. The first-order chi connectivity index (χ1) is 13.6. The molecule has 2 amide bonds. The fraction of sp³-hybridized carbons (Fsp3) is 0.400. The van der Waals surface area contributed by atoms with Gasteiger partial charge in [0.05, 0.1) is 32.4 Å². The van der Waals surface area contributed by atoms with E-state index >= 15 is 0 Å². The number of amides is 2. The zero-order valence-corrected chi connectivity index (χ0v) is 16.8. The van der Waals surface area contributed by atoms with Crippen molar-refractivity contribution in [2.24, 2.45) is 0 Å². The molecule has 1 aromatic heterocycles. The van der Waals surface area contributed by atoms with E-state index in [4.69, 9.17) is 32.7 Å². The van der Waals surface area contributed by atoms with Crippen LogP contribution in [0, 0.1) is 0 Å². The Balaban J connectivity index is 1.45. The summed E-state index contributed by atoms with van der Waals surface area (Å²) in [6.07, 6.45) is 1.21. The van der Waals surface area contributed by atoms with Gasteiger partial charge in [0, 0.05) is 29.9 Å². The number of pyridine rings is 1. The van der Waals surface area contributed by atoms with Crippen LogP contribution < -0.4 is 0 Å². The maximum Gasteiger partial charge on any atom is 0.320 e. The van der Waals surface area contributed by atoms with Crippen LogP contribution in [0.4, 0.5) is 4.79 Å². The summed E-state index contributed by atoms with van der Waals surface area (Å²) in [4.78, 5) is 20.3. The van der Waals surface area contributed by atoms with Gasteiger partial charge in [0.2, 0.25) is 0 Å². The number of hydrogen-bond acceptors (Lipinski definition) is 4. The van der Waals surface area contributed by atoms with Gasteiger partial charge in [-0.05, 0) is 23.8 Å². The molecule has 4 rings (SSSR count). The first kappa shape index (κ1) is 19.5. The summed E-state index contributed by atoms with van der Waals surface area (Å²) in [6.45, 7) is 3.57. The Morgan fingerprint density at radius 2 is 1.82 bits per heavy atom. The normalized spacial score (nSPS) is 18.6. The van der Waals surface area contributed by atoms with Crippen molar-refractivity contribution in [3.8, 4) is 0 Å². The van der Waals surface area contributed by atoms with Gasteiger partial charge in [-0.2, -0.15) is 0 Å². The van der Waals surface area contributed by atoms with Crippen molar-refractivity contribution in [1.82, 2.24) is 14.8 Å². The molecule has 0 aliphatic carbocycles. The number of ether oxygens (including phenoxy) is 2. The topological polar surface area (TPSA) is 54.9 Å². The lowest BCUT2D eigenvalue weighted by molar-refractivity contribution is -0.0716. The van der Waals surface area contributed by atoms with Crippen LogP contribution in [0.1, 0.15) is 17.2 Å². The Bertz CT molecular complexity index is 822. The van der Waals surface area contributed by atoms with E-state index in [1.807, 2.05) is 41.3 Å². The molecule has 0 spiro atoms. The lowest BCUT2D eigenvalue weighted by Crippen LogP contribution is -2.60. The zero-order valence-electron chi connectivity index (χ0n) is 15.3. The van der Waals surface area contributed by atoms with Crippen LogP contribution in [-0.4, -0.2) is 66.3 Å². The van der Waals surface area contributed by atoms with Crippen LogP contribution in [-0.2, 0) is 9.47 Å². The number of halogens is 2. The number of nitrogens with zero attached hydrogens (tertiary/aromatic N) is 3. The van der Waals surface area contributed by atoms with Crippen LogP contribution in [0.5, 0.6) is 0 Å². The highest BCUT2D eigenvalue weighted by atomic mass is 35.5. The van der Waals surface area contributed by atoms with Crippen molar-refractivity contribution < 1.29 is 14.3 Å². The molecule has 2 aliphatic rings. The van der Waals surface area contributed by atoms with Gasteiger partial charge in [-0.15, -0.1) is 0 Å². The molecule has 2 fully saturated rings. The lowest BCUT2D eigenvalue weighted by atomic mass is 10.0. The van der Waals surface area contributed by atoms with Gasteiger partial charge in [-0.1, -0.05) is 41.4 Å². The van der Waals surface area contributed by atoms with Crippen LogP contribution in [0.15, 0.2) is 42.6 Å². The third kappa shape index (κ3) is 4.25. The maximum absolute atomic E-state index is 12.5. The third-order valence-corrected chi connectivity index (χ3v) is 5.54. The first-order valence-corrected chi connectivity index (χ1v) is 10.0. The Hall–Kier alpha value is -1.86. The van der Waals surface area contributed by atoms with Crippen molar-refractivity contribution in [3.05, 3.63) is 63.9 Å². The highest BCUT2D eigenvalue weighted by Gasteiger charge is 2.36. The van der Waals surface area contributed by atoms with E-state index in [0.29, 0.717) is 49.6 Å². The molecule has 2 aromatic rings. The van der Waals surface area contributed by atoms with Gasteiger partial charge in [0.15, 0.2) is 0 Å². The summed E-state index contributed by atoms with van der Waals surface area (Å²) in [6, 6.07) is 11.3. The number of aromatic nitrogens is 1. The molecule has 1 aromatic carbocycles. The Labute approximate surface area is 173 Å². The van der Waals surface area contributed by atoms with Gasteiger partial charge in [-0.25, -0.2) is 9.78 Å². The van der Waals surface area contributed by atoms with E-state index in [-0.39, 0.29) is 18.2 Å². The van der Waals surface area contributed by atoms with Crippen LogP contribution in [0.2, 0.25) is 10.2 Å². The Kier molecular flexibility index (Phi) is 6.01. The summed E-state index contributed by atoms with van der Waals surface area (Å²) >= 11 is 12.4. The number of hydrogen-bond donors (Lipinski definition) is 0. The van der Waals surface area contributed by atoms with Crippen molar-refractivity contribution >= 4 is 29.2 Å². The van der Waals surface area contributed by atoms with Gasteiger partial charge in [0.25, 0.3) is 0 Å². The maximum atomic E-state index is 12.5. The van der Waals surface area contributed by atoms with Gasteiger partial charge in [0.1, 0.15) is 11.3 Å². The SMILES string of the molecule is O=C(N1CCOCC1)N1CC(OC(c2ccc(Cl)cc2)c2cccnc2Cl)C1. The minimum atomic E-state index is -0.371. The second-order valence-electron chi connectivity index (χ2n) is 6.86. The monoisotopic (exact) mass is 421 g/mol. The molecular formula is C20H21Cl2N3O3. The molecule has 1 unspecified atom stereocenters. The fourth-order valence-corrected chi connectivity index (χ4v) is 3.73. The molecule has 1 atom stereocenters. The summed E-state index contributed by atoms with van der Waals surface area (Å²) in [7, 11) is 0. The molecular weight excluding hydrogens is 401 g/mol. The first-order valence-electron chi connectivity index (χ1n) is 9.25. The predicted molar refractivity (Wildman–Crippen MR) is 107 cm³/mol. The highest BCUT2D eigenvalue weighted by molar-refractivity contribution is 6.30. The molecule has 0 saturated carbocycles. The number of rotatable bonds is 4. The molecule has 28 heavy (non-hydrogen) atoms. The largest absolute Gasteiger partial charge is 0.378 e. The molecule has 8 heteroatoms. The molecule has 6 nitrogen and oxygen atoms in total. The van der Waals surface area contributed by atoms with Crippen molar-refractivity contribution in [3.63, 3.8) is 0 Å². The average Bonchev–Trinajstić information content (AvgIpc) is 2.69. The summed E-state index contributed by atoms with van der Waals surface area (Å²) < 4.78 is 11.7. The van der Waals surface area contributed by atoms with E-state index in [1.54, 1.807) is 11.1 Å². The standard InChI is InChI=1S/C20H21Cl2N3O3/c21-15-5-3-14(4-6-15)18(17-2-1-7-23-19(17)22)28-16-12-25(13-16)20(26)24-8-10-27-11-9-24/h1-7,16,18H,8-13H2. The Morgan fingerprint density at radius 3 is 2.50 bits per heavy atom. The second-order valence-corrected chi connectivity index (χ2v) is 7.65. The predicted octanol–water partition coefficient (Wildman–Crippen LogP) is 3.63. The third-order valence-electron chi connectivity index (χ3n) is 4.97. The number of morpholine rings is 1. The zero-order chi connectivity index (χ0) is 19.5. The molecule has 2 aliphatic heterocycles. The van der Waals surface area contributed by atoms with Gasteiger partial charge in [-0.3, -0.25) is 0 Å². The van der Waals surface area contributed by atoms with Gasteiger partial charge < -0.3 is 19.3 Å². The number of benzene rings is 1. The number of carbonyl (C=O) groups excluding carboxylic acids is 1.